The zero-order valence-corrected chi connectivity index (χ0v) is 9.90. The van der Waals surface area contributed by atoms with E-state index < -0.39 is 0 Å². The number of nitrogens with one attached hydrogen (secondary N) is 1. The lowest BCUT2D eigenvalue weighted by atomic mass is 10.1. The number of methoxy groups -OCH3 is 1. The molecule has 0 aliphatic rings. The lowest BCUT2D eigenvalue weighted by Gasteiger charge is -2.22. The molecule has 0 fully saturated rings. The van der Waals surface area contributed by atoms with Crippen LogP contribution in [0.1, 0.15) is 19.5 Å². The van der Waals surface area contributed by atoms with Crippen LogP contribution in [0.4, 0.5) is 5.69 Å². The lowest BCUT2D eigenvalue weighted by molar-refractivity contribution is 0.171. The van der Waals surface area contributed by atoms with Crippen LogP contribution in [0, 0.1) is 17.2 Å². The second-order valence-electron chi connectivity index (χ2n) is 3.99. The standard InChI is InChI=1S/C12H17N3O/c1-9(2)12(8-16-3)15-11-5-4-10(6-13)14-7-11/h4-5,7,9,12,15H,8H2,1-3H3. The van der Waals surface area contributed by atoms with E-state index in [0.717, 1.165) is 5.69 Å². The van der Waals surface area contributed by atoms with E-state index >= 15 is 0 Å². The topological polar surface area (TPSA) is 57.9 Å². The average molecular weight is 219 g/mol. The van der Waals surface area contributed by atoms with Gasteiger partial charge in [-0.15, -0.1) is 0 Å². The van der Waals surface area contributed by atoms with Crippen molar-refractivity contribution in [3.8, 4) is 6.07 Å². The molecule has 0 saturated heterocycles. The number of hydrogen-bond acceptors (Lipinski definition) is 4. The second kappa shape index (κ2) is 6.09. The van der Waals surface area contributed by atoms with Gasteiger partial charge in [-0.3, -0.25) is 0 Å². The van der Waals surface area contributed by atoms with Crippen LogP contribution >= 0.6 is 0 Å². The molecule has 1 rings (SSSR count). The van der Waals surface area contributed by atoms with Gasteiger partial charge in [-0.2, -0.15) is 5.26 Å². The monoisotopic (exact) mass is 219 g/mol. The Balaban J connectivity index is 2.66. The molecule has 86 valence electrons. The Morgan fingerprint density at radius 1 is 1.50 bits per heavy atom. The molecule has 0 spiro atoms. The Morgan fingerprint density at radius 2 is 2.25 bits per heavy atom. The fraction of sp³-hybridized carbons (Fsp3) is 0.500. The zero-order chi connectivity index (χ0) is 12.0. The van der Waals surface area contributed by atoms with Crippen LogP contribution in [-0.4, -0.2) is 24.7 Å². The molecule has 1 aromatic heterocycles. The van der Waals surface area contributed by atoms with Gasteiger partial charge < -0.3 is 10.1 Å². The molecular weight excluding hydrogens is 202 g/mol. The summed E-state index contributed by atoms with van der Waals surface area (Å²) < 4.78 is 5.15. The Labute approximate surface area is 96.3 Å². The third kappa shape index (κ3) is 3.52. The fourth-order valence-electron chi connectivity index (χ4n) is 1.34. The molecule has 0 aliphatic heterocycles. The largest absolute Gasteiger partial charge is 0.383 e. The van der Waals surface area contributed by atoms with Gasteiger partial charge in [0.05, 0.1) is 24.5 Å². The highest BCUT2D eigenvalue weighted by Gasteiger charge is 2.12. The van der Waals surface area contributed by atoms with Gasteiger partial charge in [-0.05, 0) is 18.1 Å². The molecule has 1 unspecified atom stereocenters. The average Bonchev–Trinajstić information content (AvgIpc) is 2.29. The minimum Gasteiger partial charge on any atom is -0.383 e. The van der Waals surface area contributed by atoms with Crippen molar-refractivity contribution < 1.29 is 4.74 Å². The molecule has 0 radical (unpaired) electrons. The SMILES string of the molecule is COCC(Nc1ccc(C#N)nc1)C(C)C. The molecule has 1 N–H and O–H groups in total. The number of nitriles is 1. The van der Waals surface area contributed by atoms with Gasteiger partial charge in [0.25, 0.3) is 0 Å². The molecule has 0 saturated carbocycles. The van der Waals surface area contributed by atoms with E-state index in [1.54, 1.807) is 19.4 Å². The van der Waals surface area contributed by atoms with Crippen LogP contribution < -0.4 is 5.32 Å². The molecule has 4 nitrogen and oxygen atoms in total. The van der Waals surface area contributed by atoms with Crippen LogP contribution in [0.15, 0.2) is 18.3 Å². The summed E-state index contributed by atoms with van der Waals surface area (Å²) in [5.41, 5.74) is 1.34. The summed E-state index contributed by atoms with van der Waals surface area (Å²) in [5, 5.41) is 12.0. The maximum absolute atomic E-state index is 8.63. The van der Waals surface area contributed by atoms with Gasteiger partial charge in [-0.1, -0.05) is 13.8 Å². The van der Waals surface area contributed by atoms with Crippen LogP contribution in [0.3, 0.4) is 0 Å². The number of nitrogens with zero attached hydrogens (tertiary/aromatic N) is 2. The number of hydrogen-bond donors (Lipinski definition) is 1. The van der Waals surface area contributed by atoms with Crippen molar-refractivity contribution in [2.75, 3.05) is 19.0 Å². The number of ether oxygens (including phenoxy) is 1. The molecule has 1 heterocycles. The van der Waals surface area contributed by atoms with Crippen molar-refractivity contribution in [3.05, 3.63) is 24.0 Å². The minimum atomic E-state index is 0.250. The maximum Gasteiger partial charge on any atom is 0.140 e. The van der Waals surface area contributed by atoms with Crippen molar-refractivity contribution in [1.82, 2.24) is 4.98 Å². The highest BCUT2D eigenvalue weighted by atomic mass is 16.5. The Kier molecular flexibility index (Phi) is 4.74. The predicted molar refractivity (Wildman–Crippen MR) is 63.1 cm³/mol. The maximum atomic E-state index is 8.63. The summed E-state index contributed by atoms with van der Waals surface area (Å²) in [4.78, 5) is 4.01. The summed E-state index contributed by atoms with van der Waals surface area (Å²) in [6.45, 7) is 4.92. The first-order chi connectivity index (χ1) is 7.67. The van der Waals surface area contributed by atoms with E-state index in [-0.39, 0.29) is 6.04 Å². The molecule has 1 aromatic rings. The van der Waals surface area contributed by atoms with E-state index in [1.165, 1.54) is 0 Å². The second-order valence-corrected chi connectivity index (χ2v) is 3.99. The number of anilines is 1. The summed E-state index contributed by atoms with van der Waals surface area (Å²) in [6, 6.07) is 5.80. The highest BCUT2D eigenvalue weighted by Crippen LogP contribution is 2.12. The quantitative estimate of drug-likeness (QED) is 0.823. The smallest absolute Gasteiger partial charge is 0.140 e. The zero-order valence-electron chi connectivity index (χ0n) is 9.90. The van der Waals surface area contributed by atoms with Crippen molar-refractivity contribution in [3.63, 3.8) is 0 Å². The molecule has 0 aromatic carbocycles. The summed E-state index contributed by atoms with van der Waals surface area (Å²) >= 11 is 0. The van der Waals surface area contributed by atoms with E-state index in [9.17, 15) is 0 Å². The molecule has 0 bridgehead atoms. The predicted octanol–water partition coefficient (Wildman–Crippen LogP) is 2.04. The molecule has 1 atom stereocenters. The molecule has 0 aliphatic carbocycles. The van der Waals surface area contributed by atoms with Gasteiger partial charge >= 0.3 is 0 Å². The van der Waals surface area contributed by atoms with Crippen molar-refractivity contribution in [2.45, 2.75) is 19.9 Å². The van der Waals surface area contributed by atoms with Crippen molar-refractivity contribution >= 4 is 5.69 Å². The van der Waals surface area contributed by atoms with Crippen LogP contribution in [0.2, 0.25) is 0 Å². The van der Waals surface area contributed by atoms with Crippen LogP contribution in [-0.2, 0) is 4.74 Å². The minimum absolute atomic E-state index is 0.250. The number of pyridine rings is 1. The first-order valence-corrected chi connectivity index (χ1v) is 5.29. The highest BCUT2D eigenvalue weighted by molar-refractivity contribution is 5.43. The molecule has 16 heavy (non-hydrogen) atoms. The third-order valence-corrected chi connectivity index (χ3v) is 2.38. The third-order valence-electron chi connectivity index (χ3n) is 2.38. The fourth-order valence-corrected chi connectivity index (χ4v) is 1.34. The summed E-state index contributed by atoms with van der Waals surface area (Å²) in [6.07, 6.45) is 1.67. The lowest BCUT2D eigenvalue weighted by Crippen LogP contribution is -2.30. The van der Waals surface area contributed by atoms with Gasteiger partial charge in [0.2, 0.25) is 0 Å². The Morgan fingerprint density at radius 3 is 2.69 bits per heavy atom. The normalized spacial score (nSPS) is 12.2. The van der Waals surface area contributed by atoms with Gasteiger partial charge in [0, 0.05) is 7.11 Å². The Hall–Kier alpha value is -1.60. The first-order valence-electron chi connectivity index (χ1n) is 5.29. The van der Waals surface area contributed by atoms with Crippen molar-refractivity contribution in [1.29, 1.82) is 5.26 Å². The Bertz CT molecular complexity index is 354. The van der Waals surface area contributed by atoms with Crippen LogP contribution in [0.5, 0.6) is 0 Å². The van der Waals surface area contributed by atoms with Gasteiger partial charge in [0.15, 0.2) is 0 Å². The van der Waals surface area contributed by atoms with Crippen molar-refractivity contribution in [2.24, 2.45) is 5.92 Å². The van der Waals surface area contributed by atoms with E-state index in [1.807, 2.05) is 12.1 Å². The van der Waals surface area contributed by atoms with Gasteiger partial charge in [0.1, 0.15) is 11.8 Å². The summed E-state index contributed by atoms with van der Waals surface area (Å²) in [5.74, 6) is 0.468. The molecule has 0 amide bonds. The van der Waals surface area contributed by atoms with E-state index in [4.69, 9.17) is 10.00 Å². The van der Waals surface area contributed by atoms with Gasteiger partial charge in [-0.25, -0.2) is 4.98 Å². The summed E-state index contributed by atoms with van der Waals surface area (Å²) in [7, 11) is 1.69. The molecular formula is C12H17N3O. The van der Waals surface area contributed by atoms with Crippen LogP contribution in [0.25, 0.3) is 0 Å². The molecule has 4 heteroatoms. The number of aromatic nitrogens is 1. The number of rotatable bonds is 5. The van der Waals surface area contributed by atoms with E-state index in [2.05, 4.69) is 24.1 Å². The first kappa shape index (κ1) is 12.5. The van der Waals surface area contributed by atoms with E-state index in [0.29, 0.717) is 18.2 Å².